The predicted octanol–water partition coefficient (Wildman–Crippen LogP) is 5.44. The van der Waals surface area contributed by atoms with E-state index < -0.39 is 0 Å². The molecule has 1 aromatic rings. The lowest BCUT2D eigenvalue weighted by Gasteiger charge is -2.48. The number of nitrogens with zero attached hydrogens (tertiary/aromatic N) is 1. The van der Waals surface area contributed by atoms with Crippen LogP contribution in [0.4, 0.5) is 0 Å². The van der Waals surface area contributed by atoms with E-state index in [0.29, 0.717) is 12.5 Å². The third-order valence-electron chi connectivity index (χ3n) is 6.09. The first kappa shape index (κ1) is 22.7. The van der Waals surface area contributed by atoms with Gasteiger partial charge in [-0.15, -0.1) is 0 Å². The molecule has 2 rings (SSSR count). The van der Waals surface area contributed by atoms with Crippen LogP contribution in [0.2, 0.25) is 0 Å². The minimum atomic E-state index is -0.0875. The standard InChI is InChI=1S/C24H39NO3/c1-18(2)24(13-15-27-23(6,7)17-24)12-14-25(20(5)26)16-21-8-10-22(11-9-21)28-19(3)4/h8-11,18-19H,12-17H2,1-7H3/t24-/m1/s1. The number of hydrogen-bond donors (Lipinski definition) is 0. The molecule has 1 saturated heterocycles. The second-order valence-electron chi connectivity index (χ2n) is 9.55. The van der Waals surface area contributed by atoms with Gasteiger partial charge >= 0.3 is 0 Å². The number of hydrogen-bond acceptors (Lipinski definition) is 3. The van der Waals surface area contributed by atoms with E-state index in [9.17, 15) is 4.79 Å². The molecule has 0 bridgehead atoms. The monoisotopic (exact) mass is 389 g/mol. The SMILES string of the molecule is CC(=O)N(CC[C@@]1(C(C)C)CCOC(C)(C)C1)Cc1ccc(OC(C)C)cc1. The van der Waals surface area contributed by atoms with Crippen molar-refractivity contribution in [2.45, 2.75) is 86.0 Å². The van der Waals surface area contributed by atoms with E-state index in [0.717, 1.165) is 43.7 Å². The highest BCUT2D eigenvalue weighted by molar-refractivity contribution is 5.73. The van der Waals surface area contributed by atoms with Crippen LogP contribution >= 0.6 is 0 Å². The number of carbonyl (C=O) groups excluding carboxylic acids is 1. The summed E-state index contributed by atoms with van der Waals surface area (Å²) >= 11 is 0. The summed E-state index contributed by atoms with van der Waals surface area (Å²) in [6, 6.07) is 8.10. The van der Waals surface area contributed by atoms with Gasteiger partial charge in [0, 0.05) is 26.6 Å². The number of rotatable bonds is 8. The Bertz CT molecular complexity index is 636. The van der Waals surface area contributed by atoms with E-state index >= 15 is 0 Å². The molecule has 4 heteroatoms. The molecule has 0 aliphatic carbocycles. The first-order valence-electron chi connectivity index (χ1n) is 10.7. The fourth-order valence-electron chi connectivity index (χ4n) is 4.38. The Kier molecular flexibility index (Phi) is 7.55. The van der Waals surface area contributed by atoms with Crippen LogP contribution in [0.15, 0.2) is 24.3 Å². The van der Waals surface area contributed by atoms with E-state index in [4.69, 9.17) is 9.47 Å². The molecule has 28 heavy (non-hydrogen) atoms. The molecule has 0 aromatic heterocycles. The average Bonchev–Trinajstić information content (AvgIpc) is 2.58. The summed E-state index contributed by atoms with van der Waals surface area (Å²) < 4.78 is 11.7. The third kappa shape index (κ3) is 6.23. The molecule has 158 valence electrons. The van der Waals surface area contributed by atoms with Gasteiger partial charge in [-0.05, 0) is 76.0 Å². The normalized spacial score (nSPS) is 21.8. The molecule has 1 fully saturated rings. The molecule has 1 aliphatic heterocycles. The van der Waals surface area contributed by atoms with Crippen LogP contribution in [0.5, 0.6) is 5.75 Å². The molecule has 1 aliphatic rings. The number of amides is 1. The van der Waals surface area contributed by atoms with Gasteiger partial charge in [0.2, 0.25) is 5.91 Å². The molecule has 1 atom stereocenters. The molecule has 0 N–H and O–H groups in total. The van der Waals surface area contributed by atoms with Gasteiger partial charge in [0.1, 0.15) is 5.75 Å². The zero-order valence-electron chi connectivity index (χ0n) is 18.9. The molecule has 1 amide bonds. The zero-order chi connectivity index (χ0) is 20.9. The minimum absolute atomic E-state index is 0.0875. The first-order chi connectivity index (χ1) is 13.0. The summed E-state index contributed by atoms with van der Waals surface area (Å²) in [6.07, 6.45) is 3.30. The second-order valence-corrected chi connectivity index (χ2v) is 9.55. The summed E-state index contributed by atoms with van der Waals surface area (Å²) in [7, 11) is 0. The van der Waals surface area contributed by atoms with Gasteiger partial charge in [-0.2, -0.15) is 0 Å². The zero-order valence-corrected chi connectivity index (χ0v) is 18.9. The molecule has 0 saturated carbocycles. The first-order valence-corrected chi connectivity index (χ1v) is 10.7. The topological polar surface area (TPSA) is 38.8 Å². The second kappa shape index (κ2) is 9.30. The Labute approximate surface area is 171 Å². The fraction of sp³-hybridized carbons (Fsp3) is 0.708. The maximum Gasteiger partial charge on any atom is 0.219 e. The van der Waals surface area contributed by atoms with Crippen molar-refractivity contribution < 1.29 is 14.3 Å². The highest BCUT2D eigenvalue weighted by atomic mass is 16.5. The van der Waals surface area contributed by atoms with Crippen LogP contribution in [0.1, 0.15) is 73.3 Å². The van der Waals surface area contributed by atoms with E-state index in [1.165, 1.54) is 0 Å². The van der Waals surface area contributed by atoms with E-state index in [-0.39, 0.29) is 23.0 Å². The maximum absolute atomic E-state index is 12.3. The van der Waals surface area contributed by atoms with Crippen LogP contribution in [-0.2, 0) is 16.1 Å². The van der Waals surface area contributed by atoms with Crippen LogP contribution < -0.4 is 4.74 Å². The molecule has 1 heterocycles. The molecule has 0 radical (unpaired) electrons. The highest BCUT2D eigenvalue weighted by Crippen LogP contribution is 2.47. The van der Waals surface area contributed by atoms with Crippen LogP contribution in [0.3, 0.4) is 0 Å². The third-order valence-corrected chi connectivity index (χ3v) is 6.09. The summed E-state index contributed by atoms with van der Waals surface area (Å²) in [6.45, 7) is 17.0. The summed E-state index contributed by atoms with van der Waals surface area (Å²) in [5, 5.41) is 0. The Balaban J connectivity index is 2.04. The molecular weight excluding hydrogens is 350 g/mol. The van der Waals surface area contributed by atoms with Crippen molar-refractivity contribution in [1.29, 1.82) is 0 Å². The maximum atomic E-state index is 12.3. The summed E-state index contributed by atoms with van der Waals surface area (Å²) in [5.41, 5.74) is 1.28. The average molecular weight is 390 g/mol. The lowest BCUT2D eigenvalue weighted by Crippen LogP contribution is -2.46. The van der Waals surface area contributed by atoms with E-state index in [2.05, 4.69) is 39.8 Å². The van der Waals surface area contributed by atoms with Crippen molar-refractivity contribution in [1.82, 2.24) is 4.90 Å². The smallest absolute Gasteiger partial charge is 0.219 e. The minimum Gasteiger partial charge on any atom is -0.491 e. The van der Waals surface area contributed by atoms with Crippen molar-refractivity contribution in [2.24, 2.45) is 11.3 Å². The van der Waals surface area contributed by atoms with Crippen LogP contribution in [-0.4, -0.2) is 35.7 Å². The number of benzene rings is 1. The van der Waals surface area contributed by atoms with Gasteiger partial charge in [-0.25, -0.2) is 0 Å². The predicted molar refractivity (Wildman–Crippen MR) is 114 cm³/mol. The van der Waals surface area contributed by atoms with Gasteiger partial charge < -0.3 is 14.4 Å². The Morgan fingerprint density at radius 2 is 1.82 bits per heavy atom. The molecular formula is C24H39NO3. The lowest BCUT2D eigenvalue weighted by molar-refractivity contribution is -0.134. The number of ether oxygens (including phenoxy) is 2. The lowest BCUT2D eigenvalue weighted by atomic mass is 9.65. The van der Waals surface area contributed by atoms with Crippen molar-refractivity contribution in [3.8, 4) is 5.75 Å². The van der Waals surface area contributed by atoms with Gasteiger partial charge in [-0.3, -0.25) is 4.79 Å². The molecule has 0 unspecified atom stereocenters. The summed E-state index contributed by atoms with van der Waals surface area (Å²) in [4.78, 5) is 14.3. The molecule has 1 aromatic carbocycles. The van der Waals surface area contributed by atoms with Crippen LogP contribution in [0, 0.1) is 11.3 Å². The van der Waals surface area contributed by atoms with Crippen molar-refractivity contribution in [2.75, 3.05) is 13.2 Å². The molecule has 4 nitrogen and oxygen atoms in total. The van der Waals surface area contributed by atoms with E-state index in [1.807, 2.05) is 30.9 Å². The van der Waals surface area contributed by atoms with Crippen molar-refractivity contribution >= 4 is 5.91 Å². The van der Waals surface area contributed by atoms with Gasteiger partial charge in [0.25, 0.3) is 0 Å². The van der Waals surface area contributed by atoms with Crippen molar-refractivity contribution in [3.63, 3.8) is 0 Å². The van der Waals surface area contributed by atoms with Gasteiger partial charge in [0.05, 0.1) is 11.7 Å². The van der Waals surface area contributed by atoms with Gasteiger partial charge in [0.15, 0.2) is 0 Å². The van der Waals surface area contributed by atoms with E-state index in [1.54, 1.807) is 6.92 Å². The van der Waals surface area contributed by atoms with Gasteiger partial charge in [-0.1, -0.05) is 26.0 Å². The van der Waals surface area contributed by atoms with Crippen LogP contribution in [0.25, 0.3) is 0 Å². The Hall–Kier alpha value is -1.55. The van der Waals surface area contributed by atoms with Crippen molar-refractivity contribution in [3.05, 3.63) is 29.8 Å². The largest absolute Gasteiger partial charge is 0.491 e. The number of carbonyl (C=O) groups is 1. The molecule has 0 spiro atoms. The Morgan fingerprint density at radius 3 is 2.32 bits per heavy atom. The quantitative estimate of drug-likeness (QED) is 0.594. The fourth-order valence-corrected chi connectivity index (χ4v) is 4.38. The summed E-state index contributed by atoms with van der Waals surface area (Å²) in [5.74, 6) is 1.57. The Morgan fingerprint density at radius 1 is 1.18 bits per heavy atom. The highest BCUT2D eigenvalue weighted by Gasteiger charge is 2.42.